The lowest BCUT2D eigenvalue weighted by Gasteiger charge is -2.16. The second-order valence-electron chi connectivity index (χ2n) is 8.14. The zero-order chi connectivity index (χ0) is 22.7. The van der Waals surface area contributed by atoms with Crippen molar-refractivity contribution >= 4 is 5.91 Å². The van der Waals surface area contributed by atoms with Gasteiger partial charge in [-0.15, -0.1) is 0 Å². The monoisotopic (exact) mass is 426 g/mol. The predicted octanol–water partition coefficient (Wildman–Crippen LogP) is 4.65. The quantitative estimate of drug-likeness (QED) is 0.485. The van der Waals surface area contributed by atoms with Crippen molar-refractivity contribution in [3.63, 3.8) is 0 Å². The first kappa shape index (κ1) is 21.4. The number of rotatable bonds is 6. The molecule has 1 unspecified atom stereocenters. The fraction of sp³-hybridized carbons (Fsp3) is 0.240. The maximum atomic E-state index is 13.2. The Bertz CT molecular complexity index is 1210. The summed E-state index contributed by atoms with van der Waals surface area (Å²) in [7, 11) is 0. The van der Waals surface area contributed by atoms with E-state index in [1.54, 1.807) is 24.8 Å². The molecule has 3 aromatic heterocycles. The zero-order valence-corrected chi connectivity index (χ0v) is 18.6. The number of pyridine rings is 1. The summed E-state index contributed by atoms with van der Waals surface area (Å²) in [6.45, 7) is 8.13. The number of nitrogens with one attached hydrogen (secondary N) is 1. The molecule has 0 spiro atoms. The van der Waals surface area contributed by atoms with E-state index in [-0.39, 0.29) is 17.9 Å². The van der Waals surface area contributed by atoms with E-state index >= 15 is 0 Å². The molecule has 4 rings (SSSR count). The van der Waals surface area contributed by atoms with Crippen LogP contribution in [0.15, 0.2) is 67.4 Å². The second kappa shape index (κ2) is 9.09. The van der Waals surface area contributed by atoms with E-state index in [1.165, 1.54) is 0 Å². The molecule has 3 heterocycles. The van der Waals surface area contributed by atoms with Crippen molar-refractivity contribution in [3.05, 3.63) is 89.9 Å². The first-order valence-electron chi connectivity index (χ1n) is 10.6. The van der Waals surface area contributed by atoms with Crippen LogP contribution in [0.4, 0.5) is 0 Å². The molecule has 0 aliphatic heterocycles. The first-order valence-corrected chi connectivity index (χ1v) is 10.6. The highest BCUT2D eigenvalue weighted by molar-refractivity contribution is 5.96. The minimum atomic E-state index is -0.281. The van der Waals surface area contributed by atoms with Crippen molar-refractivity contribution in [1.29, 1.82) is 0 Å². The summed E-state index contributed by atoms with van der Waals surface area (Å²) in [5.74, 6) is 0.0872. The van der Waals surface area contributed by atoms with Gasteiger partial charge < -0.3 is 5.32 Å². The van der Waals surface area contributed by atoms with Gasteiger partial charge in [0.05, 0.1) is 29.3 Å². The van der Waals surface area contributed by atoms with Crippen LogP contribution in [0, 0.1) is 6.92 Å². The third-order valence-electron chi connectivity index (χ3n) is 5.27. The van der Waals surface area contributed by atoms with E-state index in [4.69, 9.17) is 0 Å². The molecule has 0 aliphatic carbocycles. The van der Waals surface area contributed by atoms with Crippen LogP contribution in [0.1, 0.15) is 60.0 Å². The number of carbonyl (C=O) groups excluding carboxylic acids is 1. The summed E-state index contributed by atoms with van der Waals surface area (Å²) in [6, 6.07) is 11.4. The van der Waals surface area contributed by atoms with Gasteiger partial charge in [-0.3, -0.25) is 19.7 Å². The van der Waals surface area contributed by atoms with Crippen molar-refractivity contribution in [2.45, 2.75) is 39.7 Å². The van der Waals surface area contributed by atoms with Crippen molar-refractivity contribution in [3.8, 4) is 16.9 Å². The maximum Gasteiger partial charge on any atom is 0.251 e. The Labute approximate surface area is 187 Å². The number of carbonyl (C=O) groups is 1. The van der Waals surface area contributed by atoms with Crippen LogP contribution >= 0.6 is 0 Å². The zero-order valence-electron chi connectivity index (χ0n) is 18.6. The van der Waals surface area contributed by atoms with Gasteiger partial charge in [0.2, 0.25) is 0 Å². The van der Waals surface area contributed by atoms with Crippen molar-refractivity contribution in [1.82, 2.24) is 30.0 Å². The van der Waals surface area contributed by atoms with Gasteiger partial charge in [-0.2, -0.15) is 5.10 Å². The van der Waals surface area contributed by atoms with E-state index in [9.17, 15) is 4.79 Å². The van der Waals surface area contributed by atoms with E-state index < -0.39 is 0 Å². The average Bonchev–Trinajstić information content (AvgIpc) is 3.30. The van der Waals surface area contributed by atoms with Crippen molar-refractivity contribution in [2.75, 3.05) is 0 Å². The number of aromatic nitrogens is 5. The molecule has 0 bridgehead atoms. The Morgan fingerprint density at radius 1 is 0.969 bits per heavy atom. The molecule has 1 aromatic carbocycles. The molecular weight excluding hydrogens is 400 g/mol. The van der Waals surface area contributed by atoms with Gasteiger partial charge in [-0.1, -0.05) is 19.9 Å². The lowest BCUT2D eigenvalue weighted by atomic mass is 10.0. The largest absolute Gasteiger partial charge is 0.344 e. The van der Waals surface area contributed by atoms with Gasteiger partial charge in [0.15, 0.2) is 0 Å². The summed E-state index contributed by atoms with van der Waals surface area (Å²) in [5.41, 5.74) is 5.84. The Hall–Kier alpha value is -3.87. The molecule has 32 heavy (non-hydrogen) atoms. The highest BCUT2D eigenvalue weighted by atomic mass is 16.1. The summed E-state index contributed by atoms with van der Waals surface area (Å²) >= 11 is 0. The van der Waals surface area contributed by atoms with Gasteiger partial charge in [0.1, 0.15) is 0 Å². The maximum absolute atomic E-state index is 13.2. The molecule has 0 saturated heterocycles. The lowest BCUT2D eigenvalue weighted by molar-refractivity contribution is 0.0939. The second-order valence-corrected chi connectivity index (χ2v) is 8.14. The summed E-state index contributed by atoms with van der Waals surface area (Å²) in [5, 5.41) is 7.53. The topological polar surface area (TPSA) is 85.6 Å². The van der Waals surface area contributed by atoms with E-state index in [1.807, 2.05) is 61.1 Å². The molecular formula is C25H26N6O. The van der Waals surface area contributed by atoms with Crippen molar-refractivity contribution < 1.29 is 4.79 Å². The van der Waals surface area contributed by atoms with Gasteiger partial charge in [-0.25, -0.2) is 4.68 Å². The SMILES string of the molecule is Cc1ccc(-c2cc(C(=O)NC(C)c3cnccn3)cc(-n3nccc3C(C)C)c2)nc1. The first-order chi connectivity index (χ1) is 15.4. The number of benzene rings is 1. The minimum Gasteiger partial charge on any atom is -0.344 e. The molecule has 0 aliphatic rings. The fourth-order valence-corrected chi connectivity index (χ4v) is 3.51. The Morgan fingerprint density at radius 2 is 1.81 bits per heavy atom. The minimum absolute atomic E-state index is 0.198. The molecule has 0 fully saturated rings. The summed E-state index contributed by atoms with van der Waals surface area (Å²) in [4.78, 5) is 26.1. The predicted molar refractivity (Wildman–Crippen MR) is 124 cm³/mol. The van der Waals surface area contributed by atoms with Crippen LogP contribution < -0.4 is 5.32 Å². The molecule has 1 atom stereocenters. The third-order valence-corrected chi connectivity index (χ3v) is 5.27. The molecule has 7 heteroatoms. The highest BCUT2D eigenvalue weighted by Gasteiger charge is 2.17. The molecule has 0 radical (unpaired) electrons. The van der Waals surface area contributed by atoms with Gasteiger partial charge in [0.25, 0.3) is 5.91 Å². The third kappa shape index (κ3) is 4.56. The van der Waals surface area contributed by atoms with Crippen LogP contribution in [0.2, 0.25) is 0 Å². The standard InChI is InChI=1S/C25H26N6O/c1-16(2)24-7-8-29-31(24)21-12-19(22-6-5-17(3)14-28-22)11-20(13-21)25(32)30-18(4)23-15-26-9-10-27-23/h5-16,18H,1-4H3,(H,30,32). The van der Waals surface area contributed by atoms with Crippen LogP contribution in [0.5, 0.6) is 0 Å². The highest BCUT2D eigenvalue weighted by Crippen LogP contribution is 2.26. The van der Waals surface area contributed by atoms with E-state index in [2.05, 4.69) is 39.2 Å². The number of nitrogens with zero attached hydrogens (tertiary/aromatic N) is 5. The molecule has 7 nitrogen and oxygen atoms in total. The van der Waals surface area contributed by atoms with Gasteiger partial charge >= 0.3 is 0 Å². The molecule has 4 aromatic rings. The molecule has 0 saturated carbocycles. The van der Waals surface area contributed by atoms with E-state index in [0.29, 0.717) is 11.3 Å². The summed E-state index contributed by atoms with van der Waals surface area (Å²) in [6.07, 6.45) is 8.48. The van der Waals surface area contributed by atoms with Gasteiger partial charge in [0, 0.05) is 41.6 Å². The average molecular weight is 427 g/mol. The van der Waals surface area contributed by atoms with Crippen LogP contribution in [-0.4, -0.2) is 30.6 Å². The Kier molecular flexibility index (Phi) is 6.07. The molecule has 162 valence electrons. The number of amides is 1. The Balaban J connectivity index is 1.75. The van der Waals surface area contributed by atoms with Crippen LogP contribution in [0.3, 0.4) is 0 Å². The number of aryl methyl sites for hydroxylation is 1. The number of hydrogen-bond acceptors (Lipinski definition) is 5. The van der Waals surface area contributed by atoms with Crippen molar-refractivity contribution in [2.24, 2.45) is 0 Å². The normalized spacial score (nSPS) is 12.0. The van der Waals surface area contributed by atoms with E-state index in [0.717, 1.165) is 28.2 Å². The molecule has 1 N–H and O–H groups in total. The fourth-order valence-electron chi connectivity index (χ4n) is 3.51. The van der Waals surface area contributed by atoms with Gasteiger partial charge in [-0.05, 0) is 55.7 Å². The number of hydrogen-bond donors (Lipinski definition) is 1. The molecule has 1 amide bonds. The summed E-state index contributed by atoms with van der Waals surface area (Å²) < 4.78 is 1.88. The smallest absolute Gasteiger partial charge is 0.251 e. The van der Waals surface area contributed by atoms with Crippen LogP contribution in [-0.2, 0) is 0 Å². The Morgan fingerprint density at radius 3 is 2.50 bits per heavy atom. The van der Waals surface area contributed by atoms with Crippen LogP contribution in [0.25, 0.3) is 16.9 Å². The lowest BCUT2D eigenvalue weighted by Crippen LogP contribution is -2.27.